The summed E-state index contributed by atoms with van der Waals surface area (Å²) in [6.45, 7) is 4.54. The third-order valence-corrected chi connectivity index (χ3v) is 5.61. The first kappa shape index (κ1) is 13.4. The SMILES string of the molecule is CCCc1c(C2(C)CCCCC2)sc(C#N)c1N. The molecule has 1 saturated carbocycles. The molecule has 0 aromatic carbocycles. The van der Waals surface area contributed by atoms with E-state index in [1.807, 2.05) is 0 Å². The van der Waals surface area contributed by atoms with Gasteiger partial charge in [-0.15, -0.1) is 11.3 Å². The first-order chi connectivity index (χ1) is 8.62. The predicted octanol–water partition coefficient (Wildman–Crippen LogP) is 4.38. The number of nitrogens with zero attached hydrogens (tertiary/aromatic N) is 1. The highest BCUT2D eigenvalue weighted by Crippen LogP contribution is 2.46. The lowest BCUT2D eigenvalue weighted by molar-refractivity contribution is 0.323. The smallest absolute Gasteiger partial charge is 0.128 e. The minimum atomic E-state index is 0.261. The highest BCUT2D eigenvalue weighted by Gasteiger charge is 2.34. The number of anilines is 1. The molecule has 0 atom stereocenters. The van der Waals surface area contributed by atoms with Crippen molar-refractivity contribution in [1.82, 2.24) is 0 Å². The van der Waals surface area contributed by atoms with E-state index in [0.717, 1.165) is 23.4 Å². The molecule has 0 spiro atoms. The predicted molar refractivity (Wildman–Crippen MR) is 77.9 cm³/mol. The average molecular weight is 262 g/mol. The van der Waals surface area contributed by atoms with E-state index in [1.165, 1.54) is 42.5 Å². The van der Waals surface area contributed by atoms with Gasteiger partial charge in [-0.1, -0.05) is 39.5 Å². The lowest BCUT2D eigenvalue weighted by Crippen LogP contribution is -2.25. The minimum absolute atomic E-state index is 0.261. The summed E-state index contributed by atoms with van der Waals surface area (Å²) in [5.41, 5.74) is 8.44. The maximum atomic E-state index is 9.19. The van der Waals surface area contributed by atoms with Gasteiger partial charge in [0.15, 0.2) is 0 Å². The van der Waals surface area contributed by atoms with E-state index in [-0.39, 0.29) is 5.41 Å². The van der Waals surface area contributed by atoms with Crippen LogP contribution in [-0.2, 0) is 11.8 Å². The van der Waals surface area contributed by atoms with Crippen LogP contribution < -0.4 is 5.73 Å². The summed E-state index contributed by atoms with van der Waals surface area (Å²) in [6, 6.07) is 2.26. The fourth-order valence-electron chi connectivity index (χ4n) is 3.11. The van der Waals surface area contributed by atoms with Gasteiger partial charge in [0.05, 0.1) is 5.69 Å². The second-order valence-electron chi connectivity index (χ2n) is 5.64. The quantitative estimate of drug-likeness (QED) is 0.879. The van der Waals surface area contributed by atoms with Crippen LogP contribution in [-0.4, -0.2) is 0 Å². The van der Waals surface area contributed by atoms with Gasteiger partial charge in [-0.25, -0.2) is 0 Å². The van der Waals surface area contributed by atoms with E-state index < -0.39 is 0 Å². The monoisotopic (exact) mass is 262 g/mol. The van der Waals surface area contributed by atoms with Crippen LogP contribution in [0.15, 0.2) is 0 Å². The molecule has 1 aliphatic carbocycles. The number of nitrogen functional groups attached to an aromatic ring is 1. The first-order valence-electron chi connectivity index (χ1n) is 6.94. The van der Waals surface area contributed by atoms with Crippen molar-refractivity contribution in [3.05, 3.63) is 15.3 Å². The molecule has 1 aromatic heterocycles. The zero-order valence-corrected chi connectivity index (χ0v) is 12.2. The number of hydrogen-bond donors (Lipinski definition) is 1. The van der Waals surface area contributed by atoms with Gasteiger partial charge in [-0.05, 0) is 24.8 Å². The van der Waals surface area contributed by atoms with Gasteiger partial charge in [0.25, 0.3) is 0 Å². The Balaban J connectivity index is 2.45. The molecule has 0 unspecified atom stereocenters. The highest BCUT2D eigenvalue weighted by molar-refractivity contribution is 7.13. The van der Waals surface area contributed by atoms with Crippen LogP contribution in [0.25, 0.3) is 0 Å². The number of hydrogen-bond acceptors (Lipinski definition) is 3. The maximum absolute atomic E-state index is 9.19. The van der Waals surface area contributed by atoms with Gasteiger partial charge >= 0.3 is 0 Å². The largest absolute Gasteiger partial charge is 0.397 e. The summed E-state index contributed by atoms with van der Waals surface area (Å²) in [5.74, 6) is 0. The molecule has 0 saturated heterocycles. The van der Waals surface area contributed by atoms with Crippen molar-refractivity contribution >= 4 is 17.0 Å². The van der Waals surface area contributed by atoms with E-state index >= 15 is 0 Å². The number of nitrogens with two attached hydrogens (primary N) is 1. The highest BCUT2D eigenvalue weighted by atomic mass is 32.1. The Morgan fingerprint density at radius 1 is 1.33 bits per heavy atom. The Hall–Kier alpha value is -1.01. The van der Waals surface area contributed by atoms with Gasteiger partial charge in [-0.3, -0.25) is 0 Å². The molecule has 98 valence electrons. The topological polar surface area (TPSA) is 49.8 Å². The van der Waals surface area contributed by atoms with E-state index in [2.05, 4.69) is 19.9 Å². The Labute approximate surface area is 114 Å². The van der Waals surface area contributed by atoms with Crippen molar-refractivity contribution < 1.29 is 0 Å². The molecule has 1 aromatic rings. The lowest BCUT2D eigenvalue weighted by atomic mass is 9.73. The number of nitriles is 1. The molecule has 1 fully saturated rings. The molecule has 0 aliphatic heterocycles. The Morgan fingerprint density at radius 3 is 2.56 bits per heavy atom. The Kier molecular flexibility index (Phi) is 3.97. The molecule has 3 heteroatoms. The Morgan fingerprint density at radius 2 is 2.00 bits per heavy atom. The molecule has 0 radical (unpaired) electrons. The van der Waals surface area contributed by atoms with Crippen LogP contribution in [0.4, 0.5) is 5.69 Å². The molecular weight excluding hydrogens is 240 g/mol. The summed E-state index contributed by atoms with van der Waals surface area (Å²) in [7, 11) is 0. The second kappa shape index (κ2) is 5.32. The normalized spacial score (nSPS) is 18.5. The van der Waals surface area contributed by atoms with Crippen molar-refractivity contribution in [2.45, 2.75) is 64.2 Å². The number of rotatable bonds is 3. The van der Waals surface area contributed by atoms with Gasteiger partial charge in [0.2, 0.25) is 0 Å². The third kappa shape index (κ3) is 2.27. The zero-order valence-electron chi connectivity index (χ0n) is 11.4. The van der Waals surface area contributed by atoms with Gasteiger partial charge in [0, 0.05) is 10.3 Å². The van der Waals surface area contributed by atoms with Crippen LogP contribution >= 0.6 is 11.3 Å². The molecule has 1 heterocycles. The van der Waals surface area contributed by atoms with Crippen molar-refractivity contribution in [3.63, 3.8) is 0 Å². The van der Waals surface area contributed by atoms with Gasteiger partial charge < -0.3 is 5.73 Å². The molecule has 0 amide bonds. The van der Waals surface area contributed by atoms with Crippen molar-refractivity contribution in [3.8, 4) is 6.07 Å². The summed E-state index contributed by atoms with van der Waals surface area (Å²) in [5, 5.41) is 9.19. The van der Waals surface area contributed by atoms with Crippen LogP contribution in [0.1, 0.15) is 67.7 Å². The number of thiophene rings is 1. The fraction of sp³-hybridized carbons (Fsp3) is 0.667. The van der Waals surface area contributed by atoms with E-state index in [1.54, 1.807) is 11.3 Å². The first-order valence-corrected chi connectivity index (χ1v) is 7.75. The minimum Gasteiger partial charge on any atom is -0.397 e. The fourth-order valence-corrected chi connectivity index (χ4v) is 4.37. The molecule has 2 nitrogen and oxygen atoms in total. The van der Waals surface area contributed by atoms with E-state index in [0.29, 0.717) is 0 Å². The van der Waals surface area contributed by atoms with Crippen molar-refractivity contribution in [2.75, 3.05) is 5.73 Å². The second-order valence-corrected chi connectivity index (χ2v) is 6.66. The van der Waals surface area contributed by atoms with E-state index in [4.69, 9.17) is 5.73 Å². The summed E-state index contributed by atoms with van der Waals surface area (Å²) >= 11 is 1.65. The van der Waals surface area contributed by atoms with E-state index in [9.17, 15) is 5.26 Å². The maximum Gasteiger partial charge on any atom is 0.128 e. The standard InChI is InChI=1S/C15H22N2S/c1-3-7-11-13(17)12(10-16)18-14(11)15(2)8-5-4-6-9-15/h3-9,17H2,1-2H3. The van der Waals surface area contributed by atoms with Gasteiger partial charge in [0.1, 0.15) is 10.9 Å². The van der Waals surface area contributed by atoms with Crippen molar-refractivity contribution in [2.24, 2.45) is 0 Å². The molecule has 0 bridgehead atoms. The molecule has 2 rings (SSSR count). The van der Waals surface area contributed by atoms with Crippen LogP contribution in [0, 0.1) is 11.3 Å². The molecule has 1 aliphatic rings. The summed E-state index contributed by atoms with van der Waals surface area (Å²) in [4.78, 5) is 2.12. The average Bonchev–Trinajstić information content (AvgIpc) is 2.69. The lowest BCUT2D eigenvalue weighted by Gasteiger charge is -2.33. The molecule has 2 N–H and O–H groups in total. The van der Waals surface area contributed by atoms with Crippen LogP contribution in [0.3, 0.4) is 0 Å². The third-order valence-electron chi connectivity index (χ3n) is 4.15. The van der Waals surface area contributed by atoms with Crippen LogP contribution in [0.5, 0.6) is 0 Å². The Bertz CT molecular complexity index is 462. The van der Waals surface area contributed by atoms with Gasteiger partial charge in [-0.2, -0.15) is 5.26 Å². The molecule has 18 heavy (non-hydrogen) atoms. The summed E-state index contributed by atoms with van der Waals surface area (Å²) in [6.07, 6.45) is 8.56. The summed E-state index contributed by atoms with van der Waals surface area (Å²) < 4.78 is 0. The van der Waals surface area contributed by atoms with Crippen molar-refractivity contribution in [1.29, 1.82) is 5.26 Å². The zero-order chi connectivity index (χ0) is 13.2. The van der Waals surface area contributed by atoms with Crippen LogP contribution in [0.2, 0.25) is 0 Å². The molecular formula is C15H22N2S.